The van der Waals surface area contributed by atoms with Gasteiger partial charge in [0.15, 0.2) is 0 Å². The zero-order valence-corrected chi connectivity index (χ0v) is 16.7. The van der Waals surface area contributed by atoms with Gasteiger partial charge in [-0.25, -0.2) is 4.79 Å². The number of nitrogens with zero attached hydrogens (tertiary/aromatic N) is 2. The molecule has 7 nitrogen and oxygen atoms in total. The van der Waals surface area contributed by atoms with Crippen LogP contribution in [0.1, 0.15) is 29.3 Å². The minimum atomic E-state index is -1.20. The summed E-state index contributed by atoms with van der Waals surface area (Å²) >= 11 is 0. The van der Waals surface area contributed by atoms with Crippen molar-refractivity contribution in [2.24, 2.45) is 0 Å². The van der Waals surface area contributed by atoms with Gasteiger partial charge in [-0.15, -0.1) is 0 Å². The summed E-state index contributed by atoms with van der Waals surface area (Å²) in [6, 6.07) is 10.2. The zero-order valence-electron chi connectivity index (χ0n) is 16.7. The number of anilines is 1. The molecule has 2 aromatic rings. The second-order valence-corrected chi connectivity index (χ2v) is 7.65. The van der Waals surface area contributed by atoms with Crippen LogP contribution < -0.4 is 10.5 Å². The minimum absolute atomic E-state index is 0.214. The Bertz CT molecular complexity index is 932. The van der Waals surface area contributed by atoms with Crippen LogP contribution in [0.4, 0.5) is 5.69 Å². The number of aromatic nitrogens is 1. The molecule has 1 aromatic carbocycles. The van der Waals surface area contributed by atoms with Crippen molar-refractivity contribution in [2.45, 2.75) is 25.8 Å². The highest BCUT2D eigenvalue weighted by molar-refractivity contribution is 5.88. The van der Waals surface area contributed by atoms with Crippen LogP contribution in [0.25, 0.3) is 11.3 Å². The number of rotatable bonds is 5. The summed E-state index contributed by atoms with van der Waals surface area (Å²) in [6.07, 6.45) is 1.80. The molecule has 0 spiro atoms. The first-order chi connectivity index (χ1) is 14.1. The molecule has 2 N–H and O–H groups in total. The highest BCUT2D eigenvalue weighted by Crippen LogP contribution is 2.28. The molecule has 2 saturated heterocycles. The van der Waals surface area contributed by atoms with Crippen LogP contribution in [0, 0.1) is 0 Å². The van der Waals surface area contributed by atoms with E-state index < -0.39 is 11.5 Å². The average molecular weight is 397 g/mol. The summed E-state index contributed by atoms with van der Waals surface area (Å²) in [5, 5.41) is 9.18. The molecular formula is C22H27N3O4. The summed E-state index contributed by atoms with van der Waals surface area (Å²) in [7, 11) is 0. The number of morpholine rings is 1. The molecule has 2 aliphatic rings. The Labute approximate surface area is 169 Å². The van der Waals surface area contributed by atoms with Gasteiger partial charge in [0.25, 0.3) is 5.56 Å². The van der Waals surface area contributed by atoms with Crippen molar-refractivity contribution >= 4 is 11.7 Å². The molecule has 0 radical (unpaired) electrons. The van der Waals surface area contributed by atoms with Crippen molar-refractivity contribution in [1.82, 2.24) is 9.88 Å². The molecule has 1 aromatic heterocycles. The number of carboxylic acid groups (broad SMARTS) is 1. The van der Waals surface area contributed by atoms with Gasteiger partial charge in [-0.05, 0) is 42.2 Å². The van der Waals surface area contributed by atoms with Crippen molar-refractivity contribution in [3.8, 4) is 11.3 Å². The number of pyridine rings is 1. The Hall–Kier alpha value is -2.64. The SMILES string of the molecule is CCc1cc(C(=O)O)c(=O)[nH]c1-c1ccc(N2CCC(N3CCOCC3)C2)cc1. The molecule has 3 heterocycles. The summed E-state index contributed by atoms with van der Waals surface area (Å²) in [4.78, 5) is 31.1. The lowest BCUT2D eigenvalue weighted by molar-refractivity contribution is 0.0209. The fourth-order valence-corrected chi connectivity index (χ4v) is 4.32. The van der Waals surface area contributed by atoms with Gasteiger partial charge < -0.3 is 19.7 Å². The van der Waals surface area contributed by atoms with E-state index in [4.69, 9.17) is 4.74 Å². The number of ether oxygens (including phenoxy) is 1. The topological polar surface area (TPSA) is 85.9 Å². The number of nitrogens with one attached hydrogen (secondary N) is 1. The lowest BCUT2D eigenvalue weighted by Gasteiger charge is -2.32. The molecule has 0 amide bonds. The molecule has 1 unspecified atom stereocenters. The Balaban J connectivity index is 1.52. The van der Waals surface area contributed by atoms with E-state index in [0.29, 0.717) is 18.2 Å². The van der Waals surface area contributed by atoms with Crippen LogP contribution in [-0.4, -0.2) is 66.4 Å². The molecule has 2 aliphatic heterocycles. The van der Waals surface area contributed by atoms with Gasteiger partial charge in [0.05, 0.1) is 18.9 Å². The van der Waals surface area contributed by atoms with E-state index in [1.54, 1.807) is 0 Å². The summed E-state index contributed by atoms with van der Waals surface area (Å²) in [5.41, 5.74) is 2.80. The molecule has 154 valence electrons. The second kappa shape index (κ2) is 8.39. The standard InChI is InChI=1S/C22H27N3O4/c1-2-15-13-19(22(27)28)21(26)23-20(15)16-3-5-17(6-4-16)25-8-7-18(14-25)24-9-11-29-12-10-24/h3-6,13,18H,2,7-12,14H2,1H3,(H,23,26)(H,27,28). The van der Waals surface area contributed by atoms with Crippen molar-refractivity contribution in [3.63, 3.8) is 0 Å². The molecule has 0 aliphatic carbocycles. The first-order valence-corrected chi connectivity index (χ1v) is 10.2. The van der Waals surface area contributed by atoms with Crippen LogP contribution in [0.3, 0.4) is 0 Å². The largest absolute Gasteiger partial charge is 0.477 e. The quantitative estimate of drug-likeness (QED) is 0.805. The molecule has 4 rings (SSSR count). The van der Waals surface area contributed by atoms with E-state index in [1.165, 1.54) is 11.8 Å². The van der Waals surface area contributed by atoms with Crippen LogP contribution >= 0.6 is 0 Å². The average Bonchev–Trinajstić information content (AvgIpc) is 3.24. The monoisotopic (exact) mass is 397 g/mol. The lowest BCUT2D eigenvalue weighted by atomic mass is 10.0. The normalized spacial score (nSPS) is 20.2. The Morgan fingerprint density at radius 2 is 1.93 bits per heavy atom. The number of carboxylic acids is 1. The number of hydrogen-bond acceptors (Lipinski definition) is 5. The first-order valence-electron chi connectivity index (χ1n) is 10.2. The fraction of sp³-hybridized carbons (Fsp3) is 0.455. The molecule has 7 heteroatoms. The van der Waals surface area contributed by atoms with Gasteiger partial charge in [0, 0.05) is 37.9 Å². The van der Waals surface area contributed by atoms with E-state index in [1.807, 2.05) is 19.1 Å². The van der Waals surface area contributed by atoms with Gasteiger partial charge in [-0.3, -0.25) is 9.69 Å². The summed E-state index contributed by atoms with van der Waals surface area (Å²) in [5.74, 6) is -1.20. The number of aromatic carboxylic acids is 1. The van der Waals surface area contributed by atoms with Gasteiger partial charge >= 0.3 is 5.97 Å². The maximum absolute atomic E-state index is 12.1. The number of hydrogen-bond donors (Lipinski definition) is 2. The summed E-state index contributed by atoms with van der Waals surface area (Å²) in [6.45, 7) is 7.67. The third kappa shape index (κ3) is 4.06. The number of benzene rings is 1. The molecule has 0 bridgehead atoms. The summed E-state index contributed by atoms with van der Waals surface area (Å²) < 4.78 is 5.46. The van der Waals surface area contributed by atoms with E-state index in [9.17, 15) is 14.7 Å². The van der Waals surface area contributed by atoms with E-state index in [-0.39, 0.29) is 5.56 Å². The van der Waals surface area contributed by atoms with Gasteiger partial charge in [0.2, 0.25) is 0 Å². The number of aromatic amines is 1. The number of carbonyl (C=O) groups is 1. The fourth-order valence-electron chi connectivity index (χ4n) is 4.32. The smallest absolute Gasteiger partial charge is 0.341 e. The second-order valence-electron chi connectivity index (χ2n) is 7.65. The van der Waals surface area contributed by atoms with Crippen LogP contribution in [-0.2, 0) is 11.2 Å². The first kappa shape index (κ1) is 19.7. The zero-order chi connectivity index (χ0) is 20.4. The predicted octanol–water partition coefficient (Wildman–Crippen LogP) is 2.21. The van der Waals surface area contributed by atoms with Gasteiger partial charge in [-0.2, -0.15) is 0 Å². The van der Waals surface area contributed by atoms with Crippen molar-refractivity contribution in [1.29, 1.82) is 0 Å². The predicted molar refractivity (Wildman–Crippen MR) is 112 cm³/mol. The molecule has 1 atom stereocenters. The van der Waals surface area contributed by atoms with Crippen LogP contribution in [0.15, 0.2) is 35.1 Å². The Morgan fingerprint density at radius 1 is 1.21 bits per heavy atom. The molecule has 29 heavy (non-hydrogen) atoms. The van der Waals surface area contributed by atoms with E-state index in [0.717, 1.165) is 56.9 Å². The molecule has 2 fully saturated rings. The number of H-pyrrole nitrogens is 1. The Kier molecular flexibility index (Phi) is 5.69. The van der Waals surface area contributed by atoms with Gasteiger partial charge in [0.1, 0.15) is 5.56 Å². The highest BCUT2D eigenvalue weighted by Gasteiger charge is 2.28. The van der Waals surface area contributed by atoms with Crippen LogP contribution in [0.2, 0.25) is 0 Å². The van der Waals surface area contributed by atoms with Crippen molar-refractivity contribution in [2.75, 3.05) is 44.3 Å². The maximum atomic E-state index is 12.1. The molecule has 0 saturated carbocycles. The third-order valence-electron chi connectivity index (χ3n) is 5.98. The van der Waals surface area contributed by atoms with E-state index in [2.05, 4.69) is 26.9 Å². The Morgan fingerprint density at radius 3 is 2.59 bits per heavy atom. The van der Waals surface area contributed by atoms with Gasteiger partial charge in [-0.1, -0.05) is 19.1 Å². The van der Waals surface area contributed by atoms with E-state index >= 15 is 0 Å². The highest BCUT2D eigenvalue weighted by atomic mass is 16.5. The number of aryl methyl sites for hydroxylation is 1. The third-order valence-corrected chi connectivity index (χ3v) is 5.98. The lowest BCUT2D eigenvalue weighted by Crippen LogP contribution is -2.44. The van der Waals surface area contributed by atoms with Crippen molar-refractivity contribution < 1.29 is 14.6 Å². The minimum Gasteiger partial charge on any atom is -0.477 e. The maximum Gasteiger partial charge on any atom is 0.341 e. The van der Waals surface area contributed by atoms with Crippen LogP contribution in [0.5, 0.6) is 0 Å². The molecular weight excluding hydrogens is 370 g/mol. The van der Waals surface area contributed by atoms with Crippen molar-refractivity contribution in [3.05, 3.63) is 51.8 Å².